The van der Waals surface area contributed by atoms with Gasteiger partial charge in [0.25, 0.3) is 0 Å². The summed E-state index contributed by atoms with van der Waals surface area (Å²) in [5, 5.41) is 0. The van der Waals surface area contributed by atoms with Crippen molar-refractivity contribution in [3.8, 4) is 0 Å². The Morgan fingerprint density at radius 2 is 1.61 bits per heavy atom. The second kappa shape index (κ2) is 6.46. The highest BCUT2D eigenvalue weighted by atomic mass is 79.9. The summed E-state index contributed by atoms with van der Waals surface area (Å²) in [6, 6.07) is 4.20. The Balaban J connectivity index is 3.07. The molecule has 0 bridgehead atoms. The molecule has 0 aliphatic heterocycles. The maximum absolute atomic E-state index is 5.94. The van der Waals surface area contributed by atoms with Crippen LogP contribution in [0.25, 0.3) is 0 Å². The smallest absolute Gasteiger partial charge is 0.0515 e. The first-order valence-electron chi connectivity index (χ1n) is 6.61. The molecule has 0 atom stereocenters. The summed E-state index contributed by atoms with van der Waals surface area (Å²) in [7, 11) is 0. The summed E-state index contributed by atoms with van der Waals surface area (Å²) >= 11 is 3.64. The van der Waals surface area contributed by atoms with Crippen molar-refractivity contribution in [1.82, 2.24) is 0 Å². The maximum atomic E-state index is 5.94. The van der Waals surface area contributed by atoms with E-state index in [0.29, 0.717) is 11.8 Å². The molecule has 0 spiro atoms. The number of hydrogen-bond donors (Lipinski definition) is 1. The number of nitrogens with zero attached hydrogens (tertiary/aromatic N) is 1. The third kappa shape index (κ3) is 4.20. The fourth-order valence-corrected chi connectivity index (χ4v) is 2.69. The highest BCUT2D eigenvalue weighted by molar-refractivity contribution is 9.10. The van der Waals surface area contributed by atoms with E-state index in [9.17, 15) is 0 Å². The SMILES string of the molecule is Cc1cc(N(CC(C)C)CC(C)C)c(Br)cc1N. The minimum absolute atomic E-state index is 0.647. The second-order valence-electron chi connectivity index (χ2n) is 5.85. The molecule has 0 saturated heterocycles. The van der Waals surface area contributed by atoms with Gasteiger partial charge in [0.1, 0.15) is 0 Å². The zero-order chi connectivity index (χ0) is 13.9. The van der Waals surface area contributed by atoms with Crippen molar-refractivity contribution in [2.45, 2.75) is 34.6 Å². The molecule has 0 unspecified atom stereocenters. The average Bonchev–Trinajstić information content (AvgIpc) is 2.21. The van der Waals surface area contributed by atoms with Crippen LogP contribution in [-0.2, 0) is 0 Å². The van der Waals surface area contributed by atoms with Crippen molar-refractivity contribution in [2.75, 3.05) is 23.7 Å². The lowest BCUT2D eigenvalue weighted by Gasteiger charge is -2.30. The first-order chi connectivity index (χ1) is 8.31. The van der Waals surface area contributed by atoms with Gasteiger partial charge in [0, 0.05) is 23.2 Å². The van der Waals surface area contributed by atoms with Gasteiger partial charge in [-0.15, -0.1) is 0 Å². The van der Waals surface area contributed by atoms with E-state index in [0.717, 1.165) is 28.8 Å². The van der Waals surface area contributed by atoms with Crippen molar-refractivity contribution < 1.29 is 0 Å². The van der Waals surface area contributed by atoms with E-state index in [4.69, 9.17) is 5.73 Å². The summed E-state index contributed by atoms with van der Waals surface area (Å²) in [5.41, 5.74) is 9.19. The van der Waals surface area contributed by atoms with Crippen LogP contribution >= 0.6 is 15.9 Å². The molecule has 0 amide bonds. The zero-order valence-corrected chi connectivity index (χ0v) is 13.7. The lowest BCUT2D eigenvalue weighted by atomic mass is 10.1. The molecule has 0 aliphatic carbocycles. The standard InChI is InChI=1S/C15H25BrN2/c1-10(2)8-18(9-11(3)4)15-6-12(5)14(17)7-13(15)16/h6-7,10-11H,8-9,17H2,1-5H3. The Morgan fingerprint density at radius 3 is 2.06 bits per heavy atom. The molecule has 2 N–H and O–H groups in total. The third-order valence-electron chi connectivity index (χ3n) is 2.85. The van der Waals surface area contributed by atoms with Gasteiger partial charge in [0.05, 0.1) is 5.69 Å². The number of anilines is 2. The fraction of sp³-hybridized carbons (Fsp3) is 0.600. The topological polar surface area (TPSA) is 29.3 Å². The van der Waals surface area contributed by atoms with E-state index in [2.05, 4.69) is 61.5 Å². The predicted molar refractivity (Wildman–Crippen MR) is 85.2 cm³/mol. The Morgan fingerprint density at radius 1 is 1.11 bits per heavy atom. The maximum Gasteiger partial charge on any atom is 0.0515 e. The molecular formula is C15H25BrN2. The van der Waals surface area contributed by atoms with Gasteiger partial charge in [-0.3, -0.25) is 0 Å². The lowest BCUT2D eigenvalue weighted by molar-refractivity contribution is 0.552. The molecule has 3 heteroatoms. The predicted octanol–water partition coefficient (Wildman–Crippen LogP) is 4.46. The monoisotopic (exact) mass is 312 g/mol. The number of nitrogen functional groups attached to an aromatic ring is 1. The largest absolute Gasteiger partial charge is 0.398 e. The molecule has 1 rings (SSSR count). The molecule has 0 fully saturated rings. The molecule has 0 radical (unpaired) electrons. The van der Waals surface area contributed by atoms with Crippen LogP contribution in [-0.4, -0.2) is 13.1 Å². The van der Waals surface area contributed by atoms with Gasteiger partial charge in [-0.05, 0) is 52.4 Å². The van der Waals surface area contributed by atoms with Crippen molar-refractivity contribution in [3.63, 3.8) is 0 Å². The minimum atomic E-state index is 0.647. The molecule has 0 saturated carbocycles. The van der Waals surface area contributed by atoms with E-state index in [1.807, 2.05) is 6.07 Å². The van der Waals surface area contributed by atoms with Crippen molar-refractivity contribution in [1.29, 1.82) is 0 Å². The third-order valence-corrected chi connectivity index (χ3v) is 3.48. The molecule has 0 heterocycles. The van der Waals surface area contributed by atoms with Gasteiger partial charge in [-0.1, -0.05) is 27.7 Å². The van der Waals surface area contributed by atoms with E-state index >= 15 is 0 Å². The van der Waals surface area contributed by atoms with Crippen molar-refractivity contribution in [2.24, 2.45) is 11.8 Å². The number of halogens is 1. The van der Waals surface area contributed by atoms with E-state index in [-0.39, 0.29) is 0 Å². The van der Waals surface area contributed by atoms with Crippen LogP contribution in [0.3, 0.4) is 0 Å². The molecule has 1 aromatic carbocycles. The molecule has 1 aromatic rings. The Bertz CT molecular complexity index is 390. The van der Waals surface area contributed by atoms with Gasteiger partial charge in [-0.25, -0.2) is 0 Å². The normalized spacial score (nSPS) is 11.3. The molecular weight excluding hydrogens is 288 g/mol. The number of nitrogens with two attached hydrogens (primary N) is 1. The zero-order valence-electron chi connectivity index (χ0n) is 12.1. The van der Waals surface area contributed by atoms with Gasteiger partial charge < -0.3 is 10.6 Å². The van der Waals surface area contributed by atoms with Gasteiger partial charge >= 0.3 is 0 Å². The summed E-state index contributed by atoms with van der Waals surface area (Å²) in [6.07, 6.45) is 0. The van der Waals surface area contributed by atoms with Crippen LogP contribution in [0.4, 0.5) is 11.4 Å². The molecule has 0 aromatic heterocycles. The van der Waals surface area contributed by atoms with Crippen LogP contribution in [0.15, 0.2) is 16.6 Å². The van der Waals surface area contributed by atoms with Crippen molar-refractivity contribution in [3.05, 3.63) is 22.2 Å². The Labute approximate surface area is 120 Å². The van der Waals surface area contributed by atoms with E-state index in [1.54, 1.807) is 0 Å². The Hall–Kier alpha value is -0.700. The highest BCUT2D eigenvalue weighted by Gasteiger charge is 2.14. The molecule has 18 heavy (non-hydrogen) atoms. The van der Waals surface area contributed by atoms with Crippen LogP contribution in [0.5, 0.6) is 0 Å². The van der Waals surface area contributed by atoms with Gasteiger partial charge in [-0.2, -0.15) is 0 Å². The molecule has 0 aliphatic rings. The van der Waals surface area contributed by atoms with E-state index in [1.165, 1.54) is 5.69 Å². The number of rotatable bonds is 5. The highest BCUT2D eigenvalue weighted by Crippen LogP contribution is 2.31. The van der Waals surface area contributed by atoms with Crippen LogP contribution in [0.2, 0.25) is 0 Å². The van der Waals surface area contributed by atoms with Crippen LogP contribution in [0.1, 0.15) is 33.3 Å². The summed E-state index contributed by atoms with van der Waals surface area (Å²) in [4.78, 5) is 2.45. The summed E-state index contributed by atoms with van der Waals surface area (Å²) in [6.45, 7) is 13.2. The van der Waals surface area contributed by atoms with E-state index < -0.39 is 0 Å². The van der Waals surface area contributed by atoms with Crippen molar-refractivity contribution >= 4 is 27.3 Å². The average molecular weight is 313 g/mol. The second-order valence-corrected chi connectivity index (χ2v) is 6.71. The van der Waals surface area contributed by atoms with Gasteiger partial charge in [0.2, 0.25) is 0 Å². The first-order valence-corrected chi connectivity index (χ1v) is 7.41. The number of benzene rings is 1. The first kappa shape index (κ1) is 15.4. The fourth-order valence-electron chi connectivity index (χ4n) is 2.08. The van der Waals surface area contributed by atoms with Gasteiger partial charge in [0.15, 0.2) is 0 Å². The lowest BCUT2D eigenvalue weighted by Crippen LogP contribution is -2.31. The number of hydrogen-bond acceptors (Lipinski definition) is 2. The summed E-state index contributed by atoms with van der Waals surface area (Å²) in [5.74, 6) is 1.29. The van der Waals surface area contributed by atoms with Crippen LogP contribution < -0.4 is 10.6 Å². The minimum Gasteiger partial charge on any atom is -0.398 e. The Kier molecular flexibility index (Phi) is 5.51. The van der Waals surface area contributed by atoms with Crippen LogP contribution in [0, 0.1) is 18.8 Å². The number of aryl methyl sites for hydroxylation is 1. The molecule has 102 valence electrons. The summed E-state index contributed by atoms with van der Waals surface area (Å²) < 4.78 is 1.09. The molecule has 2 nitrogen and oxygen atoms in total. The quantitative estimate of drug-likeness (QED) is 0.813.